The van der Waals surface area contributed by atoms with Crippen molar-refractivity contribution in [1.29, 1.82) is 0 Å². The van der Waals surface area contributed by atoms with Crippen LogP contribution in [0.15, 0.2) is 64.3 Å². The van der Waals surface area contributed by atoms with Crippen LogP contribution in [0.2, 0.25) is 0 Å². The van der Waals surface area contributed by atoms with Crippen molar-refractivity contribution >= 4 is 11.7 Å². The van der Waals surface area contributed by atoms with Gasteiger partial charge in [-0.2, -0.15) is 0 Å². The highest BCUT2D eigenvalue weighted by atomic mass is 16.5. The number of aliphatic hydroxyl groups excluding tert-OH is 1. The highest BCUT2D eigenvalue weighted by molar-refractivity contribution is 5.92. The second kappa shape index (κ2) is 17.0. The van der Waals surface area contributed by atoms with Crippen LogP contribution in [0.25, 0.3) is 0 Å². The van der Waals surface area contributed by atoms with Gasteiger partial charge < -0.3 is 14.9 Å². The molecule has 200 valence electrons. The lowest BCUT2D eigenvalue weighted by Gasteiger charge is -2.14. The molecular formula is C31H47NO4. The molecule has 5 heteroatoms. The number of nitrogens with zero attached hydrogens (tertiary/aromatic N) is 1. The van der Waals surface area contributed by atoms with Crippen molar-refractivity contribution in [3.63, 3.8) is 0 Å². The molecular weight excluding hydrogens is 450 g/mol. The smallest absolute Gasteiger partial charge is 0.335 e. The molecule has 1 aromatic rings. The lowest BCUT2D eigenvalue weighted by molar-refractivity contribution is 0.0666. The van der Waals surface area contributed by atoms with Crippen LogP contribution in [0.5, 0.6) is 0 Å². The van der Waals surface area contributed by atoms with Crippen molar-refractivity contribution in [2.45, 2.75) is 93.3 Å². The molecule has 3 unspecified atom stereocenters. The molecule has 2 N–H and O–H groups in total. The number of carbonyl (C=O) groups is 1. The quantitative estimate of drug-likeness (QED) is 0.403. The number of aliphatic imine (C=N–C) groups is 1. The zero-order chi connectivity index (χ0) is 27.1. The Bertz CT molecular complexity index is 924. The first kappa shape index (κ1) is 31.5. The number of benzene rings is 1. The van der Waals surface area contributed by atoms with E-state index in [1.807, 2.05) is 33.8 Å². The van der Waals surface area contributed by atoms with Crippen molar-refractivity contribution in [2.24, 2.45) is 16.8 Å². The molecule has 4 rings (SSSR count). The van der Waals surface area contributed by atoms with Gasteiger partial charge in [-0.1, -0.05) is 77.0 Å². The average molecular weight is 498 g/mol. The first-order valence-corrected chi connectivity index (χ1v) is 13.6. The number of hydrogen-bond acceptors (Lipinski definition) is 4. The Morgan fingerprint density at radius 3 is 2.33 bits per heavy atom. The summed E-state index contributed by atoms with van der Waals surface area (Å²) in [5.41, 5.74) is 6.41. The van der Waals surface area contributed by atoms with Crippen LogP contribution < -0.4 is 0 Å². The van der Waals surface area contributed by atoms with Crippen LogP contribution >= 0.6 is 0 Å². The third-order valence-corrected chi connectivity index (χ3v) is 6.35. The Morgan fingerprint density at radius 1 is 1.08 bits per heavy atom. The fourth-order valence-electron chi connectivity index (χ4n) is 4.22. The largest absolute Gasteiger partial charge is 0.478 e. The topological polar surface area (TPSA) is 79.1 Å². The van der Waals surface area contributed by atoms with E-state index in [0.717, 1.165) is 42.9 Å². The number of aliphatic hydroxyl groups is 1. The Balaban J connectivity index is 0.000000332. The first-order valence-electron chi connectivity index (χ1n) is 13.6. The van der Waals surface area contributed by atoms with Gasteiger partial charge in [0.05, 0.1) is 24.9 Å². The van der Waals surface area contributed by atoms with Crippen LogP contribution in [0.4, 0.5) is 0 Å². The van der Waals surface area contributed by atoms with Crippen LogP contribution in [0.1, 0.15) is 96.5 Å². The standard InChI is InChI=1S/C16H18O3.C11H17NO.2C2H6/c1-12-3-2-4-15(10-5-12)19-11-13-6-8-14(9-7-13)16(17)18;1-3-4-10-7(2)8-5-9(8)11(6-13)12-10;2*1-2/h2-4,6-9,15H,5,10-11H2,1H3,(H,17,18);8-9,13H,3-6H2,1-2H3;2*1-2H3. The molecule has 3 aliphatic rings. The zero-order valence-electron chi connectivity index (χ0n) is 23.4. The van der Waals surface area contributed by atoms with Gasteiger partial charge >= 0.3 is 5.97 Å². The number of carboxylic acid groups (broad SMARTS) is 1. The van der Waals surface area contributed by atoms with Gasteiger partial charge in [-0.05, 0) is 68.7 Å². The van der Waals surface area contributed by atoms with Gasteiger partial charge in [-0.15, -0.1) is 0 Å². The van der Waals surface area contributed by atoms with E-state index >= 15 is 0 Å². The lowest BCUT2D eigenvalue weighted by atomic mass is 10.0. The lowest BCUT2D eigenvalue weighted by Crippen LogP contribution is -2.13. The highest BCUT2D eigenvalue weighted by Gasteiger charge is 2.44. The third-order valence-electron chi connectivity index (χ3n) is 6.35. The summed E-state index contributed by atoms with van der Waals surface area (Å²) in [4.78, 5) is 15.3. The van der Waals surface area contributed by atoms with Gasteiger partial charge in [-0.3, -0.25) is 4.99 Å². The van der Waals surface area contributed by atoms with E-state index < -0.39 is 5.97 Å². The Labute approximate surface area is 218 Å². The van der Waals surface area contributed by atoms with Crippen molar-refractivity contribution in [1.82, 2.24) is 0 Å². The molecule has 0 bridgehead atoms. The molecule has 0 amide bonds. The number of fused-ring (bicyclic) bond motifs is 1. The predicted molar refractivity (Wildman–Crippen MR) is 151 cm³/mol. The summed E-state index contributed by atoms with van der Waals surface area (Å²) in [6.07, 6.45) is 11.8. The van der Waals surface area contributed by atoms with E-state index in [0.29, 0.717) is 18.1 Å². The van der Waals surface area contributed by atoms with Crippen molar-refractivity contribution in [2.75, 3.05) is 6.61 Å². The number of carboxylic acids is 1. The van der Waals surface area contributed by atoms with E-state index in [9.17, 15) is 4.79 Å². The third kappa shape index (κ3) is 9.87. The van der Waals surface area contributed by atoms with Gasteiger partial charge in [0.1, 0.15) is 0 Å². The molecule has 1 fully saturated rings. The molecule has 0 radical (unpaired) electrons. The molecule has 1 heterocycles. The minimum atomic E-state index is -0.902. The maximum atomic E-state index is 10.7. The summed E-state index contributed by atoms with van der Waals surface area (Å²) in [5.74, 6) is 0.410. The van der Waals surface area contributed by atoms with Crippen LogP contribution in [-0.4, -0.2) is 34.6 Å². The summed E-state index contributed by atoms with van der Waals surface area (Å²) in [6.45, 7) is 15.2. The molecule has 3 atom stereocenters. The predicted octanol–water partition coefficient (Wildman–Crippen LogP) is 7.76. The van der Waals surface area contributed by atoms with Crippen LogP contribution in [0.3, 0.4) is 0 Å². The number of aromatic carboxylic acids is 1. The second-order valence-corrected chi connectivity index (χ2v) is 8.88. The summed E-state index contributed by atoms with van der Waals surface area (Å²) in [6, 6.07) is 6.81. The SMILES string of the molecule is CC.CC.CC1=CC=CC(OCc2ccc(C(=O)O)cc2)CC1.CCCC1=C(C)C2CC2C(CO)=N1. The van der Waals surface area contributed by atoms with E-state index in [1.54, 1.807) is 24.3 Å². The minimum Gasteiger partial charge on any atom is -0.478 e. The average Bonchev–Trinajstić information content (AvgIpc) is 3.73. The summed E-state index contributed by atoms with van der Waals surface area (Å²) < 4.78 is 5.83. The van der Waals surface area contributed by atoms with E-state index in [1.165, 1.54) is 23.3 Å². The molecule has 36 heavy (non-hydrogen) atoms. The molecule has 0 aromatic heterocycles. The number of rotatable bonds is 7. The maximum Gasteiger partial charge on any atom is 0.335 e. The number of hydrogen-bond donors (Lipinski definition) is 2. The fraction of sp³-hybridized carbons (Fsp3) is 0.548. The van der Waals surface area contributed by atoms with Gasteiger partial charge in [-0.25, -0.2) is 4.79 Å². The zero-order valence-corrected chi connectivity index (χ0v) is 23.4. The van der Waals surface area contributed by atoms with Crippen molar-refractivity contribution in [3.05, 3.63) is 70.5 Å². The fourth-order valence-corrected chi connectivity index (χ4v) is 4.22. The molecule has 1 aromatic carbocycles. The van der Waals surface area contributed by atoms with Gasteiger partial charge in [0.15, 0.2) is 0 Å². The first-order chi connectivity index (χ1) is 17.4. The minimum absolute atomic E-state index is 0.132. The van der Waals surface area contributed by atoms with Gasteiger partial charge in [0.25, 0.3) is 0 Å². The molecule has 5 nitrogen and oxygen atoms in total. The van der Waals surface area contributed by atoms with Crippen LogP contribution in [0, 0.1) is 11.8 Å². The maximum absolute atomic E-state index is 10.7. The molecule has 0 spiro atoms. The summed E-state index contributed by atoms with van der Waals surface area (Å²) >= 11 is 0. The Hall–Kier alpha value is -2.50. The van der Waals surface area contributed by atoms with Gasteiger partial charge in [0, 0.05) is 17.3 Å². The van der Waals surface area contributed by atoms with Crippen molar-refractivity contribution < 1.29 is 19.7 Å². The highest BCUT2D eigenvalue weighted by Crippen LogP contribution is 2.49. The Kier molecular flexibility index (Phi) is 14.9. The van der Waals surface area contributed by atoms with Crippen LogP contribution in [-0.2, 0) is 11.3 Å². The van der Waals surface area contributed by atoms with E-state index in [2.05, 4.69) is 37.9 Å². The number of ether oxygens (including phenoxy) is 1. The van der Waals surface area contributed by atoms with Crippen molar-refractivity contribution in [3.8, 4) is 0 Å². The van der Waals surface area contributed by atoms with E-state index in [4.69, 9.17) is 14.9 Å². The molecule has 1 aliphatic heterocycles. The Morgan fingerprint density at radius 2 is 1.75 bits per heavy atom. The normalized spacial score (nSPS) is 21.6. The second-order valence-electron chi connectivity index (χ2n) is 8.88. The van der Waals surface area contributed by atoms with E-state index in [-0.39, 0.29) is 12.7 Å². The molecule has 1 saturated carbocycles. The number of allylic oxidation sites excluding steroid dienone is 5. The monoisotopic (exact) mass is 497 g/mol. The molecule has 2 aliphatic carbocycles. The summed E-state index contributed by atoms with van der Waals surface area (Å²) in [5, 5.41) is 17.9. The molecule has 0 saturated heterocycles. The van der Waals surface area contributed by atoms with Gasteiger partial charge in [0.2, 0.25) is 0 Å². The summed E-state index contributed by atoms with van der Waals surface area (Å²) in [7, 11) is 0.